The fraction of sp³-hybridized carbons (Fsp3) is 0.929. The summed E-state index contributed by atoms with van der Waals surface area (Å²) in [5.41, 5.74) is 0. The fourth-order valence-electron chi connectivity index (χ4n) is 2.91. The second-order valence-corrected chi connectivity index (χ2v) is 5.91. The highest BCUT2D eigenvalue weighted by Gasteiger charge is 2.24. The molecule has 18 heavy (non-hydrogen) atoms. The summed E-state index contributed by atoms with van der Waals surface area (Å²) in [4.78, 5) is 16.5. The van der Waals surface area contributed by atoms with Crippen molar-refractivity contribution in [3.63, 3.8) is 0 Å². The van der Waals surface area contributed by atoms with Crippen LogP contribution in [0.25, 0.3) is 0 Å². The van der Waals surface area contributed by atoms with Gasteiger partial charge in [-0.2, -0.15) is 0 Å². The van der Waals surface area contributed by atoms with Crippen molar-refractivity contribution in [3.05, 3.63) is 0 Å². The first-order chi connectivity index (χ1) is 8.66. The van der Waals surface area contributed by atoms with E-state index in [-0.39, 0.29) is 6.04 Å². The molecule has 1 atom stereocenters. The van der Waals surface area contributed by atoms with Crippen LogP contribution < -0.4 is 5.32 Å². The monoisotopic (exact) mass is 253 g/mol. The smallest absolute Gasteiger partial charge is 0.239 e. The van der Waals surface area contributed by atoms with Crippen molar-refractivity contribution in [2.45, 2.75) is 38.6 Å². The second kappa shape index (κ2) is 6.53. The molecule has 1 N–H and O–H groups in total. The van der Waals surface area contributed by atoms with Gasteiger partial charge in [-0.3, -0.25) is 4.79 Å². The molecule has 2 fully saturated rings. The van der Waals surface area contributed by atoms with Crippen molar-refractivity contribution in [2.75, 3.05) is 39.8 Å². The largest absolute Gasteiger partial charge is 0.341 e. The third-order valence-electron chi connectivity index (χ3n) is 4.34. The Bertz CT molecular complexity index is 268. The molecule has 1 unspecified atom stereocenters. The van der Waals surface area contributed by atoms with Crippen LogP contribution in [-0.2, 0) is 4.79 Å². The molecule has 4 nitrogen and oxygen atoms in total. The summed E-state index contributed by atoms with van der Waals surface area (Å²) in [5.74, 6) is 1.04. The van der Waals surface area contributed by atoms with Crippen LogP contribution in [-0.4, -0.2) is 61.5 Å². The average Bonchev–Trinajstić information content (AvgIpc) is 2.90. The number of carbonyl (C=O) groups is 1. The van der Waals surface area contributed by atoms with Gasteiger partial charge in [-0.25, -0.2) is 0 Å². The van der Waals surface area contributed by atoms with Gasteiger partial charge in [0.15, 0.2) is 0 Å². The first kappa shape index (κ1) is 13.8. The number of amides is 1. The van der Waals surface area contributed by atoms with Gasteiger partial charge in [0.1, 0.15) is 0 Å². The molecule has 2 aliphatic heterocycles. The SMILES string of the molecule is CC(NCC1CCN(C)CC1)C(=O)N1CCCC1. The van der Waals surface area contributed by atoms with Crippen molar-refractivity contribution < 1.29 is 4.79 Å². The lowest BCUT2D eigenvalue weighted by molar-refractivity contribution is -0.132. The zero-order chi connectivity index (χ0) is 13.0. The molecule has 0 aliphatic carbocycles. The van der Waals surface area contributed by atoms with E-state index in [1.807, 2.05) is 11.8 Å². The molecule has 1 amide bonds. The van der Waals surface area contributed by atoms with Crippen LogP contribution in [0.2, 0.25) is 0 Å². The lowest BCUT2D eigenvalue weighted by Crippen LogP contribution is -2.46. The Morgan fingerprint density at radius 2 is 1.83 bits per heavy atom. The quantitative estimate of drug-likeness (QED) is 0.809. The summed E-state index contributed by atoms with van der Waals surface area (Å²) in [6, 6.07) is -0.0113. The number of nitrogens with zero attached hydrogens (tertiary/aromatic N) is 2. The van der Waals surface area contributed by atoms with E-state index in [2.05, 4.69) is 17.3 Å². The molecule has 0 saturated carbocycles. The van der Waals surface area contributed by atoms with Crippen LogP contribution in [0.15, 0.2) is 0 Å². The van der Waals surface area contributed by atoms with E-state index in [0.717, 1.165) is 25.6 Å². The van der Waals surface area contributed by atoms with Crippen molar-refractivity contribution in [2.24, 2.45) is 5.92 Å². The first-order valence-corrected chi connectivity index (χ1v) is 7.37. The minimum absolute atomic E-state index is 0.0113. The molecule has 4 heteroatoms. The Hall–Kier alpha value is -0.610. The van der Waals surface area contributed by atoms with Crippen LogP contribution in [0.4, 0.5) is 0 Å². The standard InChI is InChI=1S/C14H27N3O/c1-12(14(18)17-7-3-4-8-17)15-11-13-5-9-16(2)10-6-13/h12-13,15H,3-11H2,1-2H3. The summed E-state index contributed by atoms with van der Waals surface area (Å²) in [7, 11) is 2.18. The van der Waals surface area contributed by atoms with Gasteiger partial charge in [-0.1, -0.05) is 0 Å². The molecule has 0 aromatic carbocycles. The number of nitrogens with one attached hydrogen (secondary N) is 1. The highest BCUT2D eigenvalue weighted by Crippen LogP contribution is 2.15. The number of hydrogen-bond acceptors (Lipinski definition) is 3. The van der Waals surface area contributed by atoms with Gasteiger partial charge in [0.05, 0.1) is 6.04 Å². The van der Waals surface area contributed by atoms with Crippen molar-refractivity contribution >= 4 is 5.91 Å². The van der Waals surface area contributed by atoms with E-state index in [1.54, 1.807) is 0 Å². The predicted octanol–water partition coefficient (Wildman–Crippen LogP) is 0.929. The first-order valence-electron chi connectivity index (χ1n) is 7.37. The lowest BCUT2D eigenvalue weighted by atomic mass is 9.97. The van der Waals surface area contributed by atoms with Gasteiger partial charge in [0.25, 0.3) is 0 Å². The Morgan fingerprint density at radius 3 is 2.44 bits per heavy atom. The van der Waals surface area contributed by atoms with E-state index < -0.39 is 0 Å². The Balaban J connectivity index is 1.67. The van der Waals surface area contributed by atoms with Gasteiger partial charge in [-0.15, -0.1) is 0 Å². The van der Waals surface area contributed by atoms with Crippen LogP contribution in [0.3, 0.4) is 0 Å². The predicted molar refractivity (Wildman–Crippen MR) is 73.5 cm³/mol. The summed E-state index contributed by atoms with van der Waals surface area (Å²) < 4.78 is 0. The Kier molecular flexibility index (Phi) is 5.01. The molecule has 2 heterocycles. The number of likely N-dealkylation sites (tertiary alicyclic amines) is 2. The van der Waals surface area contributed by atoms with Crippen LogP contribution >= 0.6 is 0 Å². The average molecular weight is 253 g/mol. The van der Waals surface area contributed by atoms with Crippen molar-refractivity contribution in [1.82, 2.24) is 15.1 Å². The van der Waals surface area contributed by atoms with E-state index in [0.29, 0.717) is 5.91 Å². The maximum absolute atomic E-state index is 12.1. The molecular formula is C14H27N3O. The molecule has 2 aliphatic rings. The summed E-state index contributed by atoms with van der Waals surface area (Å²) >= 11 is 0. The minimum atomic E-state index is -0.0113. The molecular weight excluding hydrogens is 226 g/mol. The van der Waals surface area contributed by atoms with Gasteiger partial charge in [-0.05, 0) is 65.2 Å². The van der Waals surface area contributed by atoms with Gasteiger partial charge in [0, 0.05) is 13.1 Å². The Morgan fingerprint density at radius 1 is 1.22 bits per heavy atom. The number of carbonyl (C=O) groups excluding carboxylic acids is 1. The zero-order valence-electron chi connectivity index (χ0n) is 11.8. The van der Waals surface area contributed by atoms with Gasteiger partial charge in [0.2, 0.25) is 5.91 Å². The highest BCUT2D eigenvalue weighted by molar-refractivity contribution is 5.81. The molecule has 104 valence electrons. The van der Waals surface area contributed by atoms with Crippen molar-refractivity contribution in [3.8, 4) is 0 Å². The third kappa shape index (κ3) is 3.69. The fourth-order valence-corrected chi connectivity index (χ4v) is 2.91. The van der Waals surface area contributed by atoms with E-state index >= 15 is 0 Å². The van der Waals surface area contributed by atoms with E-state index in [9.17, 15) is 4.79 Å². The maximum atomic E-state index is 12.1. The number of rotatable bonds is 4. The van der Waals surface area contributed by atoms with Crippen LogP contribution in [0.5, 0.6) is 0 Å². The van der Waals surface area contributed by atoms with E-state index in [1.165, 1.54) is 38.8 Å². The summed E-state index contributed by atoms with van der Waals surface area (Å²) in [6.07, 6.45) is 4.86. The normalized spacial score (nSPS) is 24.4. The minimum Gasteiger partial charge on any atom is -0.341 e. The van der Waals surface area contributed by atoms with Crippen molar-refractivity contribution in [1.29, 1.82) is 0 Å². The van der Waals surface area contributed by atoms with Crippen LogP contribution in [0, 0.1) is 5.92 Å². The molecule has 0 bridgehead atoms. The topological polar surface area (TPSA) is 35.6 Å². The summed E-state index contributed by atoms with van der Waals surface area (Å²) in [6.45, 7) is 7.31. The highest BCUT2D eigenvalue weighted by atomic mass is 16.2. The molecule has 0 aromatic rings. The van der Waals surface area contributed by atoms with E-state index in [4.69, 9.17) is 0 Å². The number of piperidine rings is 1. The zero-order valence-corrected chi connectivity index (χ0v) is 11.8. The van der Waals surface area contributed by atoms with Gasteiger partial charge < -0.3 is 15.1 Å². The lowest BCUT2D eigenvalue weighted by Gasteiger charge is -2.30. The maximum Gasteiger partial charge on any atom is 0.239 e. The molecule has 0 spiro atoms. The molecule has 0 aromatic heterocycles. The molecule has 0 radical (unpaired) electrons. The third-order valence-corrected chi connectivity index (χ3v) is 4.34. The molecule has 2 saturated heterocycles. The summed E-state index contributed by atoms with van der Waals surface area (Å²) in [5, 5.41) is 3.43. The van der Waals surface area contributed by atoms with Crippen LogP contribution in [0.1, 0.15) is 32.6 Å². The van der Waals surface area contributed by atoms with Gasteiger partial charge >= 0.3 is 0 Å². The second-order valence-electron chi connectivity index (χ2n) is 5.91. The Labute approximate surface area is 111 Å². The molecule has 2 rings (SSSR count). The number of hydrogen-bond donors (Lipinski definition) is 1.